The topological polar surface area (TPSA) is 29.5 Å². The molecule has 0 bridgehead atoms. The first-order valence-corrected chi connectivity index (χ1v) is 5.15. The van der Waals surface area contributed by atoms with E-state index in [1.807, 2.05) is 6.92 Å². The summed E-state index contributed by atoms with van der Waals surface area (Å²) in [4.78, 5) is 0. The van der Waals surface area contributed by atoms with Crippen molar-refractivity contribution in [3.8, 4) is 12.3 Å². The monoisotopic (exact) mass is 194 g/mol. The van der Waals surface area contributed by atoms with Crippen LogP contribution in [0, 0.1) is 18.3 Å². The van der Waals surface area contributed by atoms with Gasteiger partial charge in [-0.1, -0.05) is 18.9 Å². The number of rotatable bonds is 3. The molecule has 78 valence electrons. The van der Waals surface area contributed by atoms with Crippen LogP contribution in [-0.2, 0) is 4.74 Å². The molecule has 0 aromatic rings. The van der Waals surface area contributed by atoms with Crippen molar-refractivity contribution in [3.05, 3.63) is 12.3 Å². The fourth-order valence-corrected chi connectivity index (χ4v) is 2.04. The van der Waals surface area contributed by atoms with Crippen LogP contribution in [0.2, 0.25) is 0 Å². The van der Waals surface area contributed by atoms with Gasteiger partial charge < -0.3 is 9.84 Å². The summed E-state index contributed by atoms with van der Waals surface area (Å²) in [5.41, 5.74) is -1.04. The Morgan fingerprint density at radius 3 is 3.00 bits per heavy atom. The van der Waals surface area contributed by atoms with E-state index in [2.05, 4.69) is 12.5 Å². The zero-order valence-electron chi connectivity index (χ0n) is 8.75. The first kappa shape index (κ1) is 11.1. The van der Waals surface area contributed by atoms with Gasteiger partial charge in [0.15, 0.2) is 0 Å². The highest BCUT2D eigenvalue weighted by atomic mass is 16.5. The smallest absolute Gasteiger partial charge is 0.135 e. The summed E-state index contributed by atoms with van der Waals surface area (Å²) in [6.45, 7) is 6.32. The third-order valence-electron chi connectivity index (χ3n) is 2.85. The largest absolute Gasteiger partial charge is 0.498 e. The van der Waals surface area contributed by atoms with Crippen molar-refractivity contribution < 1.29 is 9.84 Å². The Balaban J connectivity index is 2.74. The van der Waals surface area contributed by atoms with E-state index in [1.165, 1.54) is 0 Å². The average molecular weight is 194 g/mol. The molecule has 14 heavy (non-hydrogen) atoms. The summed E-state index contributed by atoms with van der Waals surface area (Å²) in [5, 5.41) is 10.2. The Morgan fingerprint density at radius 2 is 2.43 bits per heavy atom. The van der Waals surface area contributed by atoms with Crippen LogP contribution in [0.5, 0.6) is 0 Å². The number of aliphatic hydroxyl groups is 1. The predicted octanol–water partition coefficient (Wildman–Crippen LogP) is 2.09. The third-order valence-corrected chi connectivity index (χ3v) is 2.85. The van der Waals surface area contributed by atoms with E-state index in [1.54, 1.807) is 0 Å². The Morgan fingerprint density at radius 1 is 1.71 bits per heavy atom. The number of terminal acetylenes is 1. The minimum Gasteiger partial charge on any atom is -0.498 e. The molecule has 0 aliphatic heterocycles. The highest BCUT2D eigenvalue weighted by molar-refractivity contribution is 5.18. The normalized spacial score (nSPS) is 31.9. The molecular weight excluding hydrogens is 176 g/mol. The van der Waals surface area contributed by atoms with E-state index >= 15 is 0 Å². The van der Waals surface area contributed by atoms with E-state index in [9.17, 15) is 5.11 Å². The molecule has 2 heteroatoms. The van der Waals surface area contributed by atoms with Crippen molar-refractivity contribution in [1.82, 2.24) is 0 Å². The lowest BCUT2D eigenvalue weighted by atomic mass is 9.75. The van der Waals surface area contributed by atoms with Gasteiger partial charge in [0, 0.05) is 0 Å². The molecule has 0 heterocycles. The second-order valence-electron chi connectivity index (χ2n) is 3.77. The Labute approximate surface area is 86.0 Å². The first-order chi connectivity index (χ1) is 6.64. The molecule has 2 unspecified atom stereocenters. The minimum absolute atomic E-state index is 0.0961. The molecule has 2 nitrogen and oxygen atoms in total. The van der Waals surface area contributed by atoms with E-state index < -0.39 is 5.60 Å². The second kappa shape index (κ2) is 4.52. The van der Waals surface area contributed by atoms with Crippen LogP contribution >= 0.6 is 0 Å². The van der Waals surface area contributed by atoms with Crippen LogP contribution in [-0.4, -0.2) is 17.3 Å². The van der Waals surface area contributed by atoms with Crippen molar-refractivity contribution >= 4 is 0 Å². The lowest BCUT2D eigenvalue weighted by molar-refractivity contribution is -0.00502. The number of hydrogen-bond acceptors (Lipinski definition) is 2. The van der Waals surface area contributed by atoms with Crippen LogP contribution in [0.25, 0.3) is 0 Å². The van der Waals surface area contributed by atoms with Gasteiger partial charge in [0.05, 0.1) is 18.3 Å². The average Bonchev–Trinajstić information content (AvgIpc) is 2.19. The standard InChI is InChI=1S/C12H18O2/c1-4-12(13)9-7-6-8-11(12)10(3)14-5-2/h1,11,13H,3,5-9H2,2H3. The van der Waals surface area contributed by atoms with Gasteiger partial charge in [-0.2, -0.15) is 0 Å². The number of ether oxygens (including phenoxy) is 1. The van der Waals surface area contributed by atoms with Crippen LogP contribution in [0.4, 0.5) is 0 Å². The third kappa shape index (κ3) is 2.10. The first-order valence-electron chi connectivity index (χ1n) is 5.15. The molecule has 2 atom stereocenters. The molecule has 1 aliphatic rings. The zero-order chi connectivity index (χ0) is 10.6. The molecule has 1 rings (SSSR count). The molecule has 0 radical (unpaired) electrons. The summed E-state index contributed by atoms with van der Waals surface area (Å²) in [6, 6.07) is 0. The molecule has 0 amide bonds. The molecular formula is C12H18O2. The minimum atomic E-state index is -1.04. The summed E-state index contributed by atoms with van der Waals surface area (Å²) in [5.74, 6) is 3.02. The maximum atomic E-state index is 10.2. The van der Waals surface area contributed by atoms with Gasteiger partial charge in [0.1, 0.15) is 5.60 Å². The van der Waals surface area contributed by atoms with Crippen molar-refractivity contribution in [3.63, 3.8) is 0 Å². The van der Waals surface area contributed by atoms with Gasteiger partial charge in [0.25, 0.3) is 0 Å². The van der Waals surface area contributed by atoms with E-state index in [-0.39, 0.29) is 5.92 Å². The second-order valence-corrected chi connectivity index (χ2v) is 3.77. The van der Waals surface area contributed by atoms with Crippen molar-refractivity contribution in [2.24, 2.45) is 5.92 Å². The molecule has 1 N–H and O–H groups in total. The molecule has 1 saturated carbocycles. The molecule has 0 spiro atoms. The molecule has 1 fully saturated rings. The Kier molecular flexibility index (Phi) is 3.60. The van der Waals surface area contributed by atoms with Gasteiger partial charge in [-0.15, -0.1) is 6.42 Å². The summed E-state index contributed by atoms with van der Waals surface area (Å²) in [7, 11) is 0. The van der Waals surface area contributed by atoms with Gasteiger partial charge in [-0.05, 0) is 26.2 Å². The SMILES string of the molecule is C#CC1(O)CCCCC1C(=C)OCC. The Hall–Kier alpha value is -0.940. The molecule has 0 aromatic heterocycles. The van der Waals surface area contributed by atoms with E-state index in [0.29, 0.717) is 18.8 Å². The van der Waals surface area contributed by atoms with Gasteiger partial charge in [-0.25, -0.2) is 0 Å². The van der Waals surface area contributed by atoms with Crippen molar-refractivity contribution in [2.75, 3.05) is 6.61 Å². The maximum absolute atomic E-state index is 10.2. The van der Waals surface area contributed by atoms with Crippen molar-refractivity contribution in [2.45, 2.75) is 38.2 Å². The zero-order valence-corrected chi connectivity index (χ0v) is 8.75. The van der Waals surface area contributed by atoms with Crippen LogP contribution in [0.15, 0.2) is 12.3 Å². The summed E-state index contributed by atoms with van der Waals surface area (Å²) in [6.07, 6.45) is 8.96. The van der Waals surface area contributed by atoms with E-state index in [4.69, 9.17) is 11.2 Å². The highest BCUT2D eigenvalue weighted by Gasteiger charge is 2.39. The predicted molar refractivity (Wildman–Crippen MR) is 56.5 cm³/mol. The Bertz CT molecular complexity index is 252. The van der Waals surface area contributed by atoms with Gasteiger partial charge in [-0.3, -0.25) is 0 Å². The number of hydrogen-bond donors (Lipinski definition) is 1. The van der Waals surface area contributed by atoms with Crippen molar-refractivity contribution in [1.29, 1.82) is 0 Å². The molecule has 0 saturated heterocycles. The summed E-state index contributed by atoms with van der Waals surface area (Å²) < 4.78 is 5.33. The molecule has 1 aliphatic carbocycles. The van der Waals surface area contributed by atoms with Crippen LogP contribution < -0.4 is 0 Å². The fourth-order valence-electron chi connectivity index (χ4n) is 2.04. The fraction of sp³-hybridized carbons (Fsp3) is 0.667. The lowest BCUT2D eigenvalue weighted by Gasteiger charge is -2.36. The van der Waals surface area contributed by atoms with Gasteiger partial charge in [0.2, 0.25) is 0 Å². The van der Waals surface area contributed by atoms with Crippen LogP contribution in [0.1, 0.15) is 32.6 Å². The van der Waals surface area contributed by atoms with Crippen LogP contribution in [0.3, 0.4) is 0 Å². The maximum Gasteiger partial charge on any atom is 0.135 e. The van der Waals surface area contributed by atoms with E-state index in [0.717, 1.165) is 19.3 Å². The molecule has 0 aromatic carbocycles. The quantitative estimate of drug-likeness (QED) is 0.550. The summed E-state index contributed by atoms with van der Waals surface area (Å²) >= 11 is 0. The van der Waals surface area contributed by atoms with Gasteiger partial charge >= 0.3 is 0 Å². The lowest BCUT2D eigenvalue weighted by Crippen LogP contribution is -2.40. The highest BCUT2D eigenvalue weighted by Crippen LogP contribution is 2.37.